The molecular weight excluding hydrogens is 248 g/mol. The summed E-state index contributed by atoms with van der Waals surface area (Å²) in [7, 11) is 0. The van der Waals surface area contributed by atoms with E-state index in [2.05, 4.69) is 10.3 Å². The number of aromatic amines is 1. The van der Waals surface area contributed by atoms with Crippen molar-refractivity contribution in [3.63, 3.8) is 0 Å². The Morgan fingerprint density at radius 3 is 2.53 bits per heavy atom. The molecule has 0 aliphatic carbocycles. The van der Waals surface area contributed by atoms with Crippen LogP contribution in [-0.4, -0.2) is 27.3 Å². The zero-order valence-electron chi connectivity index (χ0n) is 11.6. The number of rotatable bonds is 6. The summed E-state index contributed by atoms with van der Waals surface area (Å²) >= 11 is 0. The molecule has 0 bridgehead atoms. The normalized spacial score (nSPS) is 12.7. The van der Waals surface area contributed by atoms with Crippen molar-refractivity contribution < 1.29 is 5.11 Å². The quantitative estimate of drug-likeness (QED) is 0.579. The minimum atomic E-state index is -0.532. The molecule has 0 spiro atoms. The standard InChI is InChI=1S/C12H22N4O3/c1-4-16-10(13)9(11(18)15-12(16)19)14-8(5-6-17)7(2)3/h7-8,14,17H,4-6,13H2,1-3H3,(H,15,18,19). The number of H-pyrrole nitrogens is 1. The number of nitrogens with zero attached hydrogens (tertiary/aromatic N) is 1. The second kappa shape index (κ2) is 6.42. The van der Waals surface area contributed by atoms with E-state index in [-0.39, 0.29) is 30.1 Å². The molecule has 0 saturated heterocycles. The van der Waals surface area contributed by atoms with Crippen molar-refractivity contribution in [1.29, 1.82) is 0 Å². The van der Waals surface area contributed by atoms with Gasteiger partial charge < -0.3 is 16.2 Å². The number of aliphatic hydroxyl groups excluding tert-OH is 1. The Kier molecular flexibility index (Phi) is 5.17. The molecule has 1 atom stereocenters. The second-order valence-corrected chi connectivity index (χ2v) is 4.77. The highest BCUT2D eigenvalue weighted by Crippen LogP contribution is 2.16. The van der Waals surface area contributed by atoms with Crippen LogP contribution >= 0.6 is 0 Å². The van der Waals surface area contributed by atoms with Crippen LogP contribution in [0, 0.1) is 5.92 Å². The Bertz CT molecular complexity index is 533. The third-order valence-electron chi connectivity index (χ3n) is 3.13. The van der Waals surface area contributed by atoms with Gasteiger partial charge >= 0.3 is 5.69 Å². The van der Waals surface area contributed by atoms with Crippen LogP contribution in [0.2, 0.25) is 0 Å². The van der Waals surface area contributed by atoms with Crippen LogP contribution in [0.1, 0.15) is 27.2 Å². The number of nitrogens with one attached hydrogen (secondary N) is 2. The number of aliphatic hydroxyl groups is 1. The van der Waals surface area contributed by atoms with Crippen molar-refractivity contribution >= 4 is 11.5 Å². The van der Waals surface area contributed by atoms with Crippen molar-refractivity contribution in [2.45, 2.75) is 39.8 Å². The maximum atomic E-state index is 11.8. The summed E-state index contributed by atoms with van der Waals surface area (Å²) in [6.45, 7) is 6.12. The van der Waals surface area contributed by atoms with Gasteiger partial charge in [-0.2, -0.15) is 0 Å². The first-order valence-electron chi connectivity index (χ1n) is 6.42. The van der Waals surface area contributed by atoms with Gasteiger partial charge in [-0.3, -0.25) is 14.3 Å². The smallest absolute Gasteiger partial charge is 0.330 e. The average Bonchev–Trinajstić information content (AvgIpc) is 2.33. The molecule has 108 valence electrons. The maximum absolute atomic E-state index is 11.8. The third-order valence-corrected chi connectivity index (χ3v) is 3.13. The summed E-state index contributed by atoms with van der Waals surface area (Å²) in [5.41, 5.74) is 5.00. The van der Waals surface area contributed by atoms with E-state index in [9.17, 15) is 9.59 Å². The third kappa shape index (κ3) is 3.37. The molecule has 0 radical (unpaired) electrons. The van der Waals surface area contributed by atoms with Gasteiger partial charge in [-0.1, -0.05) is 13.8 Å². The molecule has 19 heavy (non-hydrogen) atoms. The summed E-state index contributed by atoms with van der Waals surface area (Å²) in [6, 6.07) is -0.0868. The van der Waals surface area contributed by atoms with Crippen molar-refractivity contribution in [3.05, 3.63) is 20.8 Å². The Morgan fingerprint density at radius 2 is 2.05 bits per heavy atom. The highest BCUT2D eigenvalue weighted by Gasteiger charge is 2.18. The van der Waals surface area contributed by atoms with E-state index >= 15 is 0 Å². The topological polar surface area (TPSA) is 113 Å². The fourth-order valence-electron chi connectivity index (χ4n) is 1.94. The molecular formula is C12H22N4O3. The van der Waals surface area contributed by atoms with Gasteiger partial charge in [-0.05, 0) is 19.3 Å². The van der Waals surface area contributed by atoms with Gasteiger partial charge in [-0.25, -0.2) is 4.79 Å². The van der Waals surface area contributed by atoms with E-state index in [4.69, 9.17) is 10.8 Å². The molecule has 5 N–H and O–H groups in total. The number of aromatic nitrogens is 2. The van der Waals surface area contributed by atoms with E-state index in [1.807, 2.05) is 13.8 Å². The van der Waals surface area contributed by atoms with Crippen LogP contribution in [0.25, 0.3) is 0 Å². The summed E-state index contributed by atoms with van der Waals surface area (Å²) in [4.78, 5) is 25.6. The summed E-state index contributed by atoms with van der Waals surface area (Å²) in [5, 5.41) is 12.1. The highest BCUT2D eigenvalue weighted by atomic mass is 16.3. The zero-order valence-corrected chi connectivity index (χ0v) is 11.6. The van der Waals surface area contributed by atoms with E-state index in [1.54, 1.807) is 6.92 Å². The van der Waals surface area contributed by atoms with Gasteiger partial charge in [0.05, 0.1) is 0 Å². The summed E-state index contributed by atoms with van der Waals surface area (Å²) in [6.07, 6.45) is 0.502. The van der Waals surface area contributed by atoms with Crippen LogP contribution in [0.15, 0.2) is 9.59 Å². The lowest BCUT2D eigenvalue weighted by molar-refractivity contribution is 0.267. The molecule has 0 aliphatic rings. The van der Waals surface area contributed by atoms with Crippen molar-refractivity contribution in [3.8, 4) is 0 Å². The van der Waals surface area contributed by atoms with Crippen LogP contribution in [-0.2, 0) is 6.54 Å². The van der Waals surface area contributed by atoms with E-state index in [0.29, 0.717) is 13.0 Å². The molecule has 1 aromatic heterocycles. The van der Waals surface area contributed by atoms with Crippen LogP contribution < -0.4 is 22.3 Å². The molecule has 0 aromatic carbocycles. The molecule has 1 rings (SSSR count). The first kappa shape index (κ1) is 15.3. The lowest BCUT2D eigenvalue weighted by Gasteiger charge is -2.23. The molecule has 0 aliphatic heterocycles. The van der Waals surface area contributed by atoms with Gasteiger partial charge in [0.25, 0.3) is 5.56 Å². The second-order valence-electron chi connectivity index (χ2n) is 4.77. The van der Waals surface area contributed by atoms with E-state index < -0.39 is 11.2 Å². The molecule has 1 heterocycles. The van der Waals surface area contributed by atoms with Crippen LogP contribution in [0.5, 0.6) is 0 Å². The minimum absolute atomic E-state index is 0.0150. The number of hydrogen-bond donors (Lipinski definition) is 4. The van der Waals surface area contributed by atoms with Crippen molar-refractivity contribution in [2.24, 2.45) is 5.92 Å². The zero-order chi connectivity index (χ0) is 14.6. The fraction of sp³-hybridized carbons (Fsp3) is 0.667. The van der Waals surface area contributed by atoms with Gasteiger partial charge in [0.15, 0.2) is 0 Å². The largest absolute Gasteiger partial charge is 0.396 e. The Hall–Kier alpha value is -1.76. The van der Waals surface area contributed by atoms with E-state index in [0.717, 1.165) is 0 Å². The molecule has 1 aromatic rings. The monoisotopic (exact) mass is 270 g/mol. The predicted molar refractivity (Wildman–Crippen MR) is 75.4 cm³/mol. The van der Waals surface area contributed by atoms with Crippen LogP contribution in [0.4, 0.5) is 11.5 Å². The number of anilines is 2. The van der Waals surface area contributed by atoms with Gasteiger partial charge in [-0.15, -0.1) is 0 Å². The first-order chi connectivity index (χ1) is 8.92. The lowest BCUT2D eigenvalue weighted by atomic mass is 10.0. The summed E-state index contributed by atoms with van der Waals surface area (Å²) < 4.78 is 1.29. The van der Waals surface area contributed by atoms with Crippen LogP contribution in [0.3, 0.4) is 0 Å². The SMILES string of the molecule is CCn1c(N)c(NC(CCO)C(C)C)c(=O)[nH]c1=O. The Balaban J connectivity index is 3.20. The highest BCUT2D eigenvalue weighted by molar-refractivity contribution is 5.60. The Morgan fingerprint density at radius 1 is 1.42 bits per heavy atom. The average molecular weight is 270 g/mol. The predicted octanol–water partition coefficient (Wildman–Crippen LogP) is -0.0424. The van der Waals surface area contributed by atoms with Gasteiger partial charge in [0.1, 0.15) is 11.5 Å². The molecule has 7 nitrogen and oxygen atoms in total. The number of hydrogen-bond acceptors (Lipinski definition) is 5. The van der Waals surface area contributed by atoms with E-state index in [1.165, 1.54) is 4.57 Å². The van der Waals surface area contributed by atoms with Crippen molar-refractivity contribution in [2.75, 3.05) is 17.7 Å². The molecule has 0 saturated carbocycles. The number of nitrogen functional groups attached to an aromatic ring is 1. The summed E-state index contributed by atoms with van der Waals surface area (Å²) in [5.74, 6) is 0.341. The molecule has 1 unspecified atom stereocenters. The molecule has 0 fully saturated rings. The first-order valence-corrected chi connectivity index (χ1v) is 6.42. The lowest BCUT2D eigenvalue weighted by Crippen LogP contribution is -2.37. The number of nitrogens with two attached hydrogens (primary N) is 1. The molecule has 7 heteroatoms. The fourth-order valence-corrected chi connectivity index (χ4v) is 1.94. The minimum Gasteiger partial charge on any atom is -0.396 e. The molecule has 0 amide bonds. The maximum Gasteiger partial charge on any atom is 0.330 e. The van der Waals surface area contributed by atoms with Gasteiger partial charge in [0.2, 0.25) is 0 Å². The Labute approximate surface area is 111 Å². The van der Waals surface area contributed by atoms with Gasteiger partial charge in [0, 0.05) is 19.2 Å². The van der Waals surface area contributed by atoms with Crippen molar-refractivity contribution in [1.82, 2.24) is 9.55 Å².